The lowest BCUT2D eigenvalue weighted by Crippen LogP contribution is -2.50. The summed E-state index contributed by atoms with van der Waals surface area (Å²) in [6.07, 6.45) is 8.06. The molecular formula is C28H26FN5O4. The largest absolute Gasteiger partial charge is 0.493 e. The molecule has 0 saturated heterocycles. The molecule has 0 bridgehead atoms. The van der Waals surface area contributed by atoms with Crippen LogP contribution >= 0.6 is 0 Å². The lowest BCUT2D eigenvalue weighted by molar-refractivity contribution is -0.117. The highest BCUT2D eigenvalue weighted by Crippen LogP contribution is 2.37. The van der Waals surface area contributed by atoms with E-state index in [1.165, 1.54) is 18.2 Å². The molecule has 0 amide bonds. The van der Waals surface area contributed by atoms with E-state index in [1.807, 2.05) is 23.9 Å². The van der Waals surface area contributed by atoms with Crippen molar-refractivity contribution in [3.05, 3.63) is 84.7 Å². The Morgan fingerprint density at radius 2 is 1.61 bits per heavy atom. The van der Waals surface area contributed by atoms with Crippen molar-refractivity contribution in [1.29, 1.82) is 0 Å². The number of fused-ring (bicyclic) bond motifs is 1. The highest BCUT2D eigenvalue weighted by atomic mass is 19.1. The van der Waals surface area contributed by atoms with E-state index in [9.17, 15) is 9.18 Å². The van der Waals surface area contributed by atoms with Crippen LogP contribution in [0.4, 0.5) is 10.1 Å². The Morgan fingerprint density at radius 3 is 2.26 bits per heavy atom. The molecule has 3 heterocycles. The third-order valence-electron chi connectivity index (χ3n) is 6.16. The van der Waals surface area contributed by atoms with Gasteiger partial charge in [-0.1, -0.05) is 12.1 Å². The first kappa shape index (κ1) is 24.9. The van der Waals surface area contributed by atoms with Crippen molar-refractivity contribution < 1.29 is 23.4 Å². The summed E-state index contributed by atoms with van der Waals surface area (Å²) in [6, 6.07) is 10.6. The molecule has 1 atom stereocenters. The molecule has 0 fully saturated rings. The van der Waals surface area contributed by atoms with E-state index in [0.717, 1.165) is 0 Å². The number of hydrogen-bond acceptors (Lipinski definition) is 9. The highest BCUT2D eigenvalue weighted by molar-refractivity contribution is 5.98. The van der Waals surface area contributed by atoms with Gasteiger partial charge in [-0.2, -0.15) is 0 Å². The number of methoxy groups -OCH3 is 2. The van der Waals surface area contributed by atoms with Crippen LogP contribution in [0.5, 0.6) is 23.3 Å². The van der Waals surface area contributed by atoms with Crippen LogP contribution in [0, 0.1) is 5.82 Å². The molecular weight excluding hydrogens is 489 g/mol. The molecule has 194 valence electrons. The van der Waals surface area contributed by atoms with Gasteiger partial charge < -0.3 is 14.2 Å². The van der Waals surface area contributed by atoms with Gasteiger partial charge in [0, 0.05) is 36.0 Å². The Bertz CT molecular complexity index is 1490. The number of aromatic nitrogens is 3. The topological polar surface area (TPSA) is 89.9 Å². The number of hydrogen-bond donors (Lipinski definition) is 0. The molecule has 4 aromatic rings. The first-order chi connectivity index (χ1) is 18.4. The van der Waals surface area contributed by atoms with E-state index < -0.39 is 6.04 Å². The van der Waals surface area contributed by atoms with E-state index in [2.05, 4.69) is 15.0 Å². The first-order valence-electron chi connectivity index (χ1n) is 11.9. The number of carbonyl (C=O) groups excluding carboxylic acids is 1. The van der Waals surface area contributed by atoms with Gasteiger partial charge in [0.15, 0.2) is 17.3 Å². The fourth-order valence-electron chi connectivity index (χ4n) is 4.34. The second-order valence-electron chi connectivity index (χ2n) is 8.85. The average Bonchev–Trinajstić information content (AvgIpc) is 2.93. The van der Waals surface area contributed by atoms with E-state index in [0.29, 0.717) is 39.4 Å². The van der Waals surface area contributed by atoms with Gasteiger partial charge >= 0.3 is 6.01 Å². The van der Waals surface area contributed by atoms with Crippen molar-refractivity contribution in [3.63, 3.8) is 0 Å². The van der Waals surface area contributed by atoms with E-state index >= 15 is 0 Å². The smallest absolute Gasteiger partial charge is 0.322 e. The number of hydrazine groups is 1. The minimum atomic E-state index is -0.704. The lowest BCUT2D eigenvalue weighted by Gasteiger charge is -2.44. The third kappa shape index (κ3) is 4.68. The van der Waals surface area contributed by atoms with Gasteiger partial charge in [-0.25, -0.2) is 14.4 Å². The fourth-order valence-corrected chi connectivity index (χ4v) is 4.34. The summed E-state index contributed by atoms with van der Waals surface area (Å²) in [7, 11) is 3.12. The van der Waals surface area contributed by atoms with Crippen LogP contribution in [0.15, 0.2) is 73.3 Å². The minimum Gasteiger partial charge on any atom is -0.493 e. The molecule has 2 aromatic heterocycles. The van der Waals surface area contributed by atoms with Crippen molar-refractivity contribution in [3.8, 4) is 23.3 Å². The molecule has 9 nitrogen and oxygen atoms in total. The van der Waals surface area contributed by atoms with Gasteiger partial charge in [-0.05, 0) is 43.7 Å². The number of ether oxygens (including phenoxy) is 3. The fraction of sp³-hybridized carbons (Fsp3) is 0.214. The zero-order chi connectivity index (χ0) is 26.8. The molecule has 1 unspecified atom stereocenters. The minimum absolute atomic E-state index is 0.0216. The molecule has 5 rings (SSSR count). The zero-order valence-corrected chi connectivity index (χ0v) is 21.3. The van der Waals surface area contributed by atoms with Crippen molar-refractivity contribution in [2.45, 2.75) is 25.9 Å². The molecule has 1 aliphatic rings. The van der Waals surface area contributed by atoms with Gasteiger partial charge in [0.2, 0.25) is 0 Å². The predicted molar refractivity (Wildman–Crippen MR) is 140 cm³/mol. The summed E-state index contributed by atoms with van der Waals surface area (Å²) < 4.78 is 30.4. The number of anilines is 1. The standard InChI is InChI=1S/C28H26FN5O4/c1-17(2)33-12-10-23(35)27(18-5-7-19(29)8-6-18)34(33)20-15-31-28(32-16-20)38-24-9-11-30-22-14-26(37-4)25(36-3)13-21(22)24/h5-17,27H,1-4H3. The number of nitrogens with zero attached hydrogens (tertiary/aromatic N) is 5. The number of rotatable bonds is 7. The van der Waals surface area contributed by atoms with Crippen LogP contribution in [0.3, 0.4) is 0 Å². The molecule has 2 aromatic carbocycles. The lowest BCUT2D eigenvalue weighted by atomic mass is 10.00. The quantitative estimate of drug-likeness (QED) is 0.328. The molecule has 38 heavy (non-hydrogen) atoms. The van der Waals surface area contributed by atoms with Gasteiger partial charge in [0.05, 0.1) is 37.8 Å². The van der Waals surface area contributed by atoms with Gasteiger partial charge in [0.1, 0.15) is 17.6 Å². The second kappa shape index (κ2) is 10.3. The number of pyridine rings is 1. The maximum absolute atomic E-state index is 13.6. The number of halogens is 1. The van der Waals surface area contributed by atoms with Gasteiger partial charge in [0.25, 0.3) is 0 Å². The maximum atomic E-state index is 13.6. The van der Waals surface area contributed by atoms with Crippen molar-refractivity contribution in [1.82, 2.24) is 20.0 Å². The summed E-state index contributed by atoms with van der Waals surface area (Å²) >= 11 is 0. The summed E-state index contributed by atoms with van der Waals surface area (Å²) in [4.78, 5) is 26.2. The van der Waals surface area contributed by atoms with Crippen molar-refractivity contribution in [2.24, 2.45) is 0 Å². The molecule has 0 saturated carbocycles. The average molecular weight is 516 g/mol. The van der Waals surface area contributed by atoms with Crippen LogP contribution in [-0.4, -0.2) is 46.0 Å². The molecule has 0 aliphatic carbocycles. The summed E-state index contributed by atoms with van der Waals surface area (Å²) in [5.74, 6) is 1.08. The Kier molecular flexibility index (Phi) is 6.78. The molecule has 10 heteroatoms. The second-order valence-corrected chi connectivity index (χ2v) is 8.85. The molecule has 0 radical (unpaired) electrons. The Balaban J connectivity index is 1.49. The Labute approximate surface area is 219 Å². The van der Waals surface area contributed by atoms with Crippen LogP contribution in [-0.2, 0) is 4.79 Å². The molecule has 1 aliphatic heterocycles. The SMILES string of the molecule is COc1cc2nccc(Oc3ncc(N4C(c5ccc(F)cc5)C(=O)C=CN4C(C)C)cn3)c2cc1OC. The van der Waals surface area contributed by atoms with Crippen molar-refractivity contribution in [2.75, 3.05) is 19.2 Å². The molecule has 0 N–H and O–H groups in total. The third-order valence-corrected chi connectivity index (χ3v) is 6.16. The summed E-state index contributed by atoms with van der Waals surface area (Å²) in [5, 5.41) is 4.43. The van der Waals surface area contributed by atoms with E-state index in [-0.39, 0.29) is 23.7 Å². The Morgan fingerprint density at radius 1 is 0.921 bits per heavy atom. The van der Waals surface area contributed by atoms with Crippen LogP contribution in [0.25, 0.3) is 10.9 Å². The van der Waals surface area contributed by atoms with E-state index in [1.54, 1.807) is 69.3 Å². The first-order valence-corrected chi connectivity index (χ1v) is 11.9. The normalized spacial score (nSPS) is 15.3. The maximum Gasteiger partial charge on any atom is 0.322 e. The van der Waals surface area contributed by atoms with Crippen LogP contribution in [0.1, 0.15) is 25.5 Å². The van der Waals surface area contributed by atoms with Crippen LogP contribution in [0.2, 0.25) is 0 Å². The van der Waals surface area contributed by atoms with E-state index in [4.69, 9.17) is 14.2 Å². The van der Waals surface area contributed by atoms with Crippen LogP contribution < -0.4 is 19.2 Å². The summed E-state index contributed by atoms with van der Waals surface area (Å²) in [6.45, 7) is 4.01. The number of ketones is 1. The monoisotopic (exact) mass is 515 g/mol. The summed E-state index contributed by atoms with van der Waals surface area (Å²) in [5.41, 5.74) is 1.88. The number of benzene rings is 2. The van der Waals surface area contributed by atoms with Gasteiger partial charge in [-0.3, -0.25) is 19.8 Å². The zero-order valence-electron chi connectivity index (χ0n) is 21.3. The van der Waals surface area contributed by atoms with Gasteiger partial charge in [-0.15, -0.1) is 0 Å². The Hall–Kier alpha value is -4.73. The highest BCUT2D eigenvalue weighted by Gasteiger charge is 2.35. The number of carbonyl (C=O) groups is 1. The molecule has 0 spiro atoms. The predicted octanol–water partition coefficient (Wildman–Crippen LogP) is 5.24. The van der Waals surface area contributed by atoms with Crippen molar-refractivity contribution >= 4 is 22.4 Å².